The number of ether oxygens (including phenoxy) is 1. The summed E-state index contributed by atoms with van der Waals surface area (Å²) in [6.07, 6.45) is 1.46. The highest BCUT2D eigenvalue weighted by Gasteiger charge is 2.17. The molecule has 0 bridgehead atoms. The number of carbonyl (C=O) groups is 1. The molecule has 9 heteroatoms. The average molecular weight is 421 g/mol. The van der Waals surface area contributed by atoms with E-state index in [0.717, 1.165) is 0 Å². The van der Waals surface area contributed by atoms with Crippen molar-refractivity contribution in [2.75, 3.05) is 12.4 Å². The monoisotopic (exact) mass is 420 g/mol. The van der Waals surface area contributed by atoms with Crippen LogP contribution in [0.3, 0.4) is 0 Å². The van der Waals surface area contributed by atoms with Gasteiger partial charge in [-0.25, -0.2) is 13.1 Å². The molecule has 0 aliphatic rings. The van der Waals surface area contributed by atoms with Crippen molar-refractivity contribution in [2.24, 2.45) is 0 Å². The van der Waals surface area contributed by atoms with Crippen LogP contribution in [0.25, 0.3) is 0 Å². The first-order valence-electron chi connectivity index (χ1n) is 8.16. The zero-order valence-corrected chi connectivity index (χ0v) is 16.4. The Kier molecular flexibility index (Phi) is 6.03. The molecule has 0 fully saturated rings. The lowest BCUT2D eigenvalue weighted by Gasteiger charge is -2.10. The van der Waals surface area contributed by atoms with Crippen LogP contribution in [0.2, 0.25) is 5.02 Å². The van der Waals surface area contributed by atoms with Crippen LogP contribution in [0.1, 0.15) is 16.1 Å². The summed E-state index contributed by atoms with van der Waals surface area (Å²) in [5.41, 5.74) is 0.646. The van der Waals surface area contributed by atoms with Gasteiger partial charge in [0.1, 0.15) is 11.5 Å². The molecular formula is C19H17ClN2O5S. The number of hydrogen-bond donors (Lipinski definition) is 2. The average Bonchev–Trinajstić information content (AvgIpc) is 3.20. The maximum absolute atomic E-state index is 12.5. The number of halogens is 1. The predicted octanol–water partition coefficient (Wildman–Crippen LogP) is 3.67. The van der Waals surface area contributed by atoms with Gasteiger partial charge in [-0.1, -0.05) is 17.7 Å². The highest BCUT2D eigenvalue weighted by atomic mass is 35.5. The summed E-state index contributed by atoms with van der Waals surface area (Å²) in [4.78, 5) is 12.5. The lowest BCUT2D eigenvalue weighted by Crippen LogP contribution is -2.23. The Morgan fingerprint density at radius 2 is 1.96 bits per heavy atom. The number of benzene rings is 2. The van der Waals surface area contributed by atoms with Crippen molar-refractivity contribution < 1.29 is 22.4 Å². The van der Waals surface area contributed by atoms with Crippen molar-refractivity contribution >= 4 is 33.2 Å². The smallest absolute Gasteiger partial charge is 0.255 e. The van der Waals surface area contributed by atoms with Crippen LogP contribution in [0.5, 0.6) is 5.75 Å². The molecule has 146 valence electrons. The van der Waals surface area contributed by atoms with Gasteiger partial charge < -0.3 is 14.5 Å². The third kappa shape index (κ3) is 4.72. The minimum atomic E-state index is -3.81. The maximum Gasteiger partial charge on any atom is 0.255 e. The van der Waals surface area contributed by atoms with E-state index in [2.05, 4.69) is 10.0 Å². The standard InChI is InChI=1S/C19H17ClN2O5S/c1-26-18-8-7-14(11-17(18)20)22-19(23)13-4-2-6-16(10-13)28(24,25)21-12-15-5-3-9-27-15/h2-11,21H,12H2,1H3,(H,22,23). The van der Waals surface area contributed by atoms with Crippen LogP contribution in [0, 0.1) is 0 Å². The number of amides is 1. The zero-order valence-electron chi connectivity index (χ0n) is 14.8. The Hall–Kier alpha value is -2.81. The van der Waals surface area contributed by atoms with Gasteiger partial charge in [0.15, 0.2) is 0 Å². The molecule has 1 aromatic heterocycles. The van der Waals surface area contributed by atoms with Crippen molar-refractivity contribution in [1.29, 1.82) is 0 Å². The quantitative estimate of drug-likeness (QED) is 0.607. The summed E-state index contributed by atoms with van der Waals surface area (Å²) in [6, 6.07) is 13.8. The van der Waals surface area contributed by atoms with E-state index in [1.807, 2.05) is 0 Å². The molecule has 0 aliphatic heterocycles. The van der Waals surface area contributed by atoms with Crippen molar-refractivity contribution in [1.82, 2.24) is 4.72 Å². The number of carbonyl (C=O) groups excluding carboxylic acids is 1. The number of methoxy groups -OCH3 is 1. The SMILES string of the molecule is COc1ccc(NC(=O)c2cccc(S(=O)(=O)NCc3ccco3)c2)cc1Cl. The van der Waals surface area contributed by atoms with Gasteiger partial charge in [-0.05, 0) is 48.5 Å². The summed E-state index contributed by atoms with van der Waals surface area (Å²) in [7, 11) is -2.32. The topological polar surface area (TPSA) is 97.6 Å². The van der Waals surface area contributed by atoms with Gasteiger partial charge >= 0.3 is 0 Å². The molecule has 3 aromatic rings. The minimum absolute atomic E-state index is 0.0100. The van der Waals surface area contributed by atoms with E-state index in [-0.39, 0.29) is 17.0 Å². The van der Waals surface area contributed by atoms with Gasteiger partial charge in [-0.15, -0.1) is 0 Å². The molecule has 0 saturated heterocycles. The summed E-state index contributed by atoms with van der Waals surface area (Å²) < 4.78 is 37.5. The van der Waals surface area contributed by atoms with E-state index >= 15 is 0 Å². The van der Waals surface area contributed by atoms with Crippen LogP contribution in [-0.4, -0.2) is 21.4 Å². The van der Waals surface area contributed by atoms with E-state index in [0.29, 0.717) is 22.2 Å². The number of rotatable bonds is 7. The van der Waals surface area contributed by atoms with E-state index in [9.17, 15) is 13.2 Å². The Bertz CT molecular complexity index is 1080. The predicted molar refractivity (Wildman–Crippen MR) is 105 cm³/mol. The fourth-order valence-corrected chi connectivity index (χ4v) is 3.71. The first kappa shape index (κ1) is 19.9. The first-order chi connectivity index (χ1) is 13.4. The maximum atomic E-state index is 12.5. The lowest BCUT2D eigenvalue weighted by molar-refractivity contribution is 0.102. The number of anilines is 1. The molecule has 0 unspecified atom stereocenters. The fourth-order valence-electron chi connectivity index (χ4n) is 2.41. The Morgan fingerprint density at radius 3 is 2.64 bits per heavy atom. The Morgan fingerprint density at radius 1 is 1.14 bits per heavy atom. The molecule has 0 saturated carbocycles. The number of sulfonamides is 1. The summed E-state index contributed by atoms with van der Waals surface area (Å²) >= 11 is 6.05. The highest BCUT2D eigenvalue weighted by molar-refractivity contribution is 7.89. The van der Waals surface area contributed by atoms with Gasteiger partial charge in [-0.2, -0.15) is 0 Å². The molecule has 1 heterocycles. The van der Waals surface area contributed by atoms with Crippen molar-refractivity contribution in [2.45, 2.75) is 11.4 Å². The molecule has 7 nitrogen and oxygen atoms in total. The second-order valence-electron chi connectivity index (χ2n) is 5.74. The molecule has 0 radical (unpaired) electrons. The molecule has 28 heavy (non-hydrogen) atoms. The van der Waals surface area contributed by atoms with Crippen LogP contribution in [0.15, 0.2) is 70.2 Å². The normalized spacial score (nSPS) is 11.2. The van der Waals surface area contributed by atoms with Crippen molar-refractivity contribution in [3.05, 3.63) is 77.2 Å². The van der Waals surface area contributed by atoms with E-state index in [1.54, 1.807) is 30.3 Å². The first-order valence-corrected chi connectivity index (χ1v) is 10.0. The fraction of sp³-hybridized carbons (Fsp3) is 0.105. The summed E-state index contributed by atoms with van der Waals surface area (Å²) in [5.74, 6) is 0.494. The van der Waals surface area contributed by atoms with E-state index < -0.39 is 15.9 Å². The molecular weight excluding hydrogens is 404 g/mol. The molecule has 0 atom stereocenters. The van der Waals surface area contributed by atoms with Gasteiger partial charge in [0.2, 0.25) is 10.0 Å². The van der Waals surface area contributed by atoms with E-state index in [4.69, 9.17) is 20.8 Å². The molecule has 3 rings (SSSR count). The van der Waals surface area contributed by atoms with Crippen LogP contribution < -0.4 is 14.8 Å². The number of hydrogen-bond acceptors (Lipinski definition) is 5. The Labute approximate surface area is 167 Å². The molecule has 2 N–H and O–H groups in total. The van der Waals surface area contributed by atoms with Crippen LogP contribution >= 0.6 is 11.6 Å². The summed E-state index contributed by atoms with van der Waals surface area (Å²) in [5, 5.41) is 3.02. The molecule has 2 aromatic carbocycles. The lowest BCUT2D eigenvalue weighted by atomic mass is 10.2. The third-order valence-corrected chi connectivity index (χ3v) is 5.53. The second-order valence-corrected chi connectivity index (χ2v) is 7.91. The minimum Gasteiger partial charge on any atom is -0.495 e. The van der Waals surface area contributed by atoms with Gasteiger partial charge in [0.05, 0.1) is 29.8 Å². The Balaban J connectivity index is 1.74. The largest absolute Gasteiger partial charge is 0.495 e. The van der Waals surface area contributed by atoms with Crippen LogP contribution in [0.4, 0.5) is 5.69 Å². The zero-order chi connectivity index (χ0) is 20.1. The second kappa shape index (κ2) is 8.47. The van der Waals surface area contributed by atoms with Crippen molar-refractivity contribution in [3.8, 4) is 5.75 Å². The summed E-state index contributed by atoms with van der Waals surface area (Å²) in [6.45, 7) is 0.0100. The van der Waals surface area contributed by atoms with Gasteiger partial charge in [0.25, 0.3) is 5.91 Å². The number of furan rings is 1. The van der Waals surface area contributed by atoms with Crippen molar-refractivity contribution in [3.63, 3.8) is 0 Å². The van der Waals surface area contributed by atoms with Gasteiger partial charge in [0, 0.05) is 11.3 Å². The highest BCUT2D eigenvalue weighted by Crippen LogP contribution is 2.27. The van der Waals surface area contributed by atoms with Crippen LogP contribution in [-0.2, 0) is 16.6 Å². The third-order valence-electron chi connectivity index (χ3n) is 3.83. The van der Waals surface area contributed by atoms with E-state index in [1.165, 1.54) is 37.6 Å². The number of nitrogens with one attached hydrogen (secondary N) is 2. The van der Waals surface area contributed by atoms with Gasteiger partial charge in [-0.3, -0.25) is 4.79 Å². The molecule has 0 aliphatic carbocycles. The molecule has 1 amide bonds. The molecule has 0 spiro atoms.